The predicted octanol–water partition coefficient (Wildman–Crippen LogP) is 2.88. The molecule has 0 atom stereocenters. The van der Waals surface area contributed by atoms with E-state index in [2.05, 4.69) is 10.3 Å². The molecule has 0 spiro atoms. The zero-order valence-electron chi connectivity index (χ0n) is 14.1. The van der Waals surface area contributed by atoms with Crippen LogP contribution in [-0.4, -0.2) is 37.7 Å². The summed E-state index contributed by atoms with van der Waals surface area (Å²) in [6.07, 6.45) is 1.61. The van der Waals surface area contributed by atoms with Crippen LogP contribution in [0.1, 0.15) is 10.4 Å². The number of pyridine rings is 1. The molecule has 0 bridgehead atoms. The Bertz CT molecular complexity index is 1090. The molecule has 3 rings (SSSR count). The molecule has 0 unspecified atom stereocenters. The first kappa shape index (κ1) is 18.0. The van der Waals surface area contributed by atoms with Crippen LogP contribution in [0.25, 0.3) is 10.9 Å². The molecule has 0 aliphatic heterocycles. The van der Waals surface area contributed by atoms with Crippen LogP contribution < -0.4 is 5.32 Å². The first-order valence-corrected chi connectivity index (χ1v) is 9.12. The zero-order chi connectivity index (χ0) is 18.9. The van der Waals surface area contributed by atoms with Gasteiger partial charge in [0.2, 0.25) is 10.0 Å². The molecule has 0 saturated heterocycles. The molecule has 8 heteroatoms. The number of carbonyl (C=O) groups is 1. The number of sulfonamides is 1. The summed E-state index contributed by atoms with van der Waals surface area (Å²) in [5, 5.41) is 3.54. The summed E-state index contributed by atoms with van der Waals surface area (Å²) >= 11 is 0. The minimum absolute atomic E-state index is 0.0276. The van der Waals surface area contributed by atoms with Gasteiger partial charge in [0.15, 0.2) is 0 Å². The minimum atomic E-state index is -4.01. The number of para-hydroxylation sites is 1. The van der Waals surface area contributed by atoms with Gasteiger partial charge in [-0.15, -0.1) is 0 Å². The van der Waals surface area contributed by atoms with Crippen molar-refractivity contribution in [3.05, 3.63) is 66.1 Å². The van der Waals surface area contributed by atoms with Crippen LogP contribution in [0.5, 0.6) is 0 Å². The monoisotopic (exact) mass is 373 g/mol. The van der Waals surface area contributed by atoms with Crippen molar-refractivity contribution in [3.8, 4) is 0 Å². The minimum Gasteiger partial charge on any atom is -0.320 e. The predicted molar refractivity (Wildman–Crippen MR) is 97.0 cm³/mol. The SMILES string of the molecule is CN(C)S(=O)(=O)c1cc(C(=O)Nc2cccc3cccnc23)ccc1F. The number of nitrogens with zero attached hydrogens (tertiary/aromatic N) is 2. The number of hydrogen-bond donors (Lipinski definition) is 1. The summed E-state index contributed by atoms with van der Waals surface area (Å²) in [4.78, 5) is 16.2. The molecule has 3 aromatic rings. The summed E-state index contributed by atoms with van der Waals surface area (Å²) in [6, 6.07) is 12.2. The Balaban J connectivity index is 1.98. The van der Waals surface area contributed by atoms with E-state index in [9.17, 15) is 17.6 Å². The quantitative estimate of drug-likeness (QED) is 0.763. The number of amides is 1. The number of benzene rings is 2. The Hall–Kier alpha value is -2.84. The average molecular weight is 373 g/mol. The second-order valence-electron chi connectivity index (χ2n) is 5.77. The molecule has 0 saturated carbocycles. The molecule has 0 aliphatic rings. The highest BCUT2D eigenvalue weighted by Crippen LogP contribution is 2.23. The molecule has 1 aromatic heterocycles. The summed E-state index contributed by atoms with van der Waals surface area (Å²) in [7, 11) is -1.42. The van der Waals surface area contributed by atoms with Gasteiger partial charge >= 0.3 is 0 Å². The van der Waals surface area contributed by atoms with Crippen LogP contribution in [0.3, 0.4) is 0 Å². The molecule has 1 heterocycles. The molecule has 0 radical (unpaired) electrons. The van der Waals surface area contributed by atoms with Gasteiger partial charge in [0.1, 0.15) is 10.7 Å². The van der Waals surface area contributed by atoms with Gasteiger partial charge in [0.25, 0.3) is 5.91 Å². The van der Waals surface area contributed by atoms with Crippen LogP contribution in [-0.2, 0) is 10.0 Å². The fourth-order valence-electron chi connectivity index (χ4n) is 2.44. The number of fused-ring (bicyclic) bond motifs is 1. The highest BCUT2D eigenvalue weighted by atomic mass is 32.2. The summed E-state index contributed by atoms with van der Waals surface area (Å²) in [5.74, 6) is -1.47. The molecule has 26 heavy (non-hydrogen) atoms. The van der Waals surface area contributed by atoms with E-state index in [1.807, 2.05) is 12.1 Å². The Morgan fingerprint density at radius 3 is 2.58 bits per heavy atom. The maximum atomic E-state index is 14.0. The van der Waals surface area contributed by atoms with Crippen molar-refractivity contribution in [2.45, 2.75) is 4.90 Å². The summed E-state index contributed by atoms with van der Waals surface area (Å²) in [5.41, 5.74) is 1.11. The molecular weight excluding hydrogens is 357 g/mol. The maximum Gasteiger partial charge on any atom is 0.255 e. The van der Waals surface area contributed by atoms with Gasteiger partial charge in [-0.3, -0.25) is 9.78 Å². The van der Waals surface area contributed by atoms with Crippen molar-refractivity contribution in [3.63, 3.8) is 0 Å². The van der Waals surface area contributed by atoms with Gasteiger partial charge in [-0.25, -0.2) is 17.1 Å². The average Bonchev–Trinajstić information content (AvgIpc) is 2.62. The van der Waals surface area contributed by atoms with E-state index in [-0.39, 0.29) is 5.56 Å². The number of rotatable bonds is 4. The van der Waals surface area contributed by atoms with Crippen molar-refractivity contribution in [1.82, 2.24) is 9.29 Å². The maximum absolute atomic E-state index is 14.0. The molecule has 134 valence electrons. The Morgan fingerprint density at radius 2 is 1.85 bits per heavy atom. The van der Waals surface area contributed by atoms with Crippen LogP contribution in [0.4, 0.5) is 10.1 Å². The third-order valence-corrected chi connectivity index (χ3v) is 5.66. The lowest BCUT2D eigenvalue weighted by Gasteiger charge is -2.13. The van der Waals surface area contributed by atoms with E-state index >= 15 is 0 Å². The van der Waals surface area contributed by atoms with Crippen molar-refractivity contribution in [2.75, 3.05) is 19.4 Å². The van der Waals surface area contributed by atoms with E-state index in [1.54, 1.807) is 24.4 Å². The summed E-state index contributed by atoms with van der Waals surface area (Å²) < 4.78 is 39.3. The number of carbonyl (C=O) groups excluding carboxylic acids is 1. The van der Waals surface area contributed by atoms with Crippen molar-refractivity contribution >= 4 is 32.5 Å². The van der Waals surface area contributed by atoms with Crippen LogP contribution in [0.15, 0.2) is 59.6 Å². The Morgan fingerprint density at radius 1 is 1.12 bits per heavy atom. The van der Waals surface area contributed by atoms with Gasteiger partial charge in [-0.05, 0) is 30.3 Å². The Labute approximate surface area is 150 Å². The molecular formula is C18H16FN3O3S. The molecule has 1 N–H and O–H groups in total. The number of nitrogens with one attached hydrogen (secondary N) is 1. The lowest BCUT2D eigenvalue weighted by atomic mass is 10.1. The topological polar surface area (TPSA) is 79.4 Å². The largest absolute Gasteiger partial charge is 0.320 e. The Kier molecular flexibility index (Phi) is 4.71. The van der Waals surface area contributed by atoms with Gasteiger partial charge in [0, 0.05) is 31.2 Å². The smallest absolute Gasteiger partial charge is 0.255 e. The van der Waals surface area contributed by atoms with Gasteiger partial charge < -0.3 is 5.32 Å². The first-order valence-electron chi connectivity index (χ1n) is 7.68. The molecule has 1 amide bonds. The number of halogens is 1. The second-order valence-corrected chi connectivity index (χ2v) is 7.89. The fourth-order valence-corrected chi connectivity index (χ4v) is 3.42. The molecule has 2 aromatic carbocycles. The van der Waals surface area contributed by atoms with E-state index in [1.165, 1.54) is 20.2 Å². The third-order valence-electron chi connectivity index (χ3n) is 3.83. The van der Waals surface area contributed by atoms with Crippen LogP contribution >= 0.6 is 0 Å². The summed E-state index contributed by atoms with van der Waals surface area (Å²) in [6.45, 7) is 0. The molecule has 6 nitrogen and oxygen atoms in total. The van der Waals surface area contributed by atoms with Crippen LogP contribution in [0, 0.1) is 5.82 Å². The van der Waals surface area contributed by atoms with E-state index in [0.717, 1.165) is 21.8 Å². The zero-order valence-corrected chi connectivity index (χ0v) is 14.9. The number of anilines is 1. The highest BCUT2D eigenvalue weighted by Gasteiger charge is 2.23. The number of aromatic nitrogens is 1. The second kappa shape index (κ2) is 6.81. The van der Waals surface area contributed by atoms with E-state index in [0.29, 0.717) is 11.2 Å². The fraction of sp³-hybridized carbons (Fsp3) is 0.111. The van der Waals surface area contributed by atoms with E-state index < -0.39 is 26.6 Å². The third kappa shape index (κ3) is 3.29. The first-order chi connectivity index (χ1) is 12.3. The van der Waals surface area contributed by atoms with Crippen LogP contribution in [0.2, 0.25) is 0 Å². The highest BCUT2D eigenvalue weighted by molar-refractivity contribution is 7.89. The normalized spacial score (nSPS) is 11.7. The van der Waals surface area contributed by atoms with Gasteiger partial charge in [0.05, 0.1) is 11.2 Å². The molecule has 0 aliphatic carbocycles. The van der Waals surface area contributed by atoms with E-state index in [4.69, 9.17) is 0 Å². The van der Waals surface area contributed by atoms with Crippen molar-refractivity contribution in [1.29, 1.82) is 0 Å². The van der Waals surface area contributed by atoms with Crippen molar-refractivity contribution in [2.24, 2.45) is 0 Å². The molecule has 0 fully saturated rings. The van der Waals surface area contributed by atoms with Gasteiger partial charge in [-0.1, -0.05) is 18.2 Å². The lowest BCUT2D eigenvalue weighted by Crippen LogP contribution is -2.24. The van der Waals surface area contributed by atoms with Crippen molar-refractivity contribution < 1.29 is 17.6 Å². The standard InChI is InChI=1S/C18H16FN3O3S/c1-22(2)26(24,25)16-11-13(8-9-14(16)19)18(23)21-15-7-3-5-12-6-4-10-20-17(12)15/h3-11H,1-2H3,(H,21,23). The lowest BCUT2D eigenvalue weighted by molar-refractivity contribution is 0.102. The van der Waals surface area contributed by atoms with Gasteiger partial charge in [-0.2, -0.15) is 0 Å². The number of hydrogen-bond acceptors (Lipinski definition) is 4.